The van der Waals surface area contributed by atoms with Crippen LogP contribution in [-0.4, -0.2) is 6.17 Å². The first-order valence-corrected chi connectivity index (χ1v) is 10.2. The van der Waals surface area contributed by atoms with Crippen LogP contribution in [0.3, 0.4) is 0 Å². The van der Waals surface area contributed by atoms with Crippen LogP contribution in [0.4, 0.5) is 22.7 Å². The van der Waals surface area contributed by atoms with Crippen LogP contribution in [0.1, 0.15) is 17.9 Å². The second-order valence-electron chi connectivity index (χ2n) is 8.24. The molecule has 0 aromatic heterocycles. The molecule has 134 valence electrons. The van der Waals surface area contributed by atoms with Gasteiger partial charge < -0.3 is 9.80 Å². The van der Waals surface area contributed by atoms with Gasteiger partial charge in [0.2, 0.25) is 0 Å². The van der Waals surface area contributed by atoms with Gasteiger partial charge in [-0.15, -0.1) is 0 Å². The van der Waals surface area contributed by atoms with E-state index in [1.165, 1.54) is 45.5 Å². The first-order chi connectivity index (χ1) is 13.9. The van der Waals surface area contributed by atoms with Gasteiger partial charge in [-0.25, -0.2) is 0 Å². The molecule has 28 heavy (non-hydrogen) atoms. The molecule has 3 unspecified atom stereocenters. The van der Waals surface area contributed by atoms with E-state index in [9.17, 15) is 0 Å². The first kappa shape index (κ1) is 14.8. The molecule has 0 amide bonds. The van der Waals surface area contributed by atoms with E-state index in [0.717, 1.165) is 0 Å². The Labute approximate surface area is 164 Å². The number of para-hydroxylation sites is 2. The van der Waals surface area contributed by atoms with E-state index < -0.39 is 0 Å². The molecule has 4 aromatic carbocycles. The molecule has 0 bridgehead atoms. The molecular weight excluding hydrogens is 340 g/mol. The van der Waals surface area contributed by atoms with Crippen molar-refractivity contribution in [1.82, 2.24) is 0 Å². The highest BCUT2D eigenvalue weighted by molar-refractivity contribution is 5.99. The number of rotatable bonds is 1. The van der Waals surface area contributed by atoms with Crippen LogP contribution < -0.4 is 9.80 Å². The third kappa shape index (κ3) is 1.83. The van der Waals surface area contributed by atoms with Crippen LogP contribution in [0, 0.1) is 5.92 Å². The average Bonchev–Trinajstić information content (AvgIpc) is 3.49. The summed E-state index contributed by atoms with van der Waals surface area (Å²) < 4.78 is 0. The van der Waals surface area contributed by atoms with Gasteiger partial charge in [0.15, 0.2) is 0 Å². The van der Waals surface area contributed by atoms with Crippen molar-refractivity contribution in [1.29, 1.82) is 0 Å². The van der Waals surface area contributed by atoms with Crippen molar-refractivity contribution in [3.8, 4) is 0 Å². The van der Waals surface area contributed by atoms with E-state index in [2.05, 4.69) is 101 Å². The highest BCUT2D eigenvalue weighted by Crippen LogP contribution is 2.64. The van der Waals surface area contributed by atoms with E-state index in [0.29, 0.717) is 18.0 Å². The van der Waals surface area contributed by atoms with E-state index in [1.807, 2.05) is 0 Å². The van der Waals surface area contributed by atoms with E-state index in [1.54, 1.807) is 0 Å². The Morgan fingerprint density at radius 3 is 2.04 bits per heavy atom. The van der Waals surface area contributed by atoms with Crippen LogP contribution in [0.15, 0.2) is 91.0 Å². The zero-order valence-electron chi connectivity index (χ0n) is 15.5. The minimum Gasteiger partial charge on any atom is -0.318 e. The smallest absolute Gasteiger partial charge is 0.114 e. The number of nitrogens with zero attached hydrogens (tertiary/aromatic N) is 2. The van der Waals surface area contributed by atoms with E-state index in [-0.39, 0.29) is 0 Å². The third-order valence-corrected chi connectivity index (χ3v) is 6.74. The lowest BCUT2D eigenvalue weighted by Crippen LogP contribution is -2.42. The lowest BCUT2D eigenvalue weighted by molar-refractivity contribution is 0.578. The van der Waals surface area contributed by atoms with E-state index in [4.69, 9.17) is 0 Å². The molecule has 3 aliphatic rings. The summed E-state index contributed by atoms with van der Waals surface area (Å²) in [6.07, 6.45) is 1.66. The van der Waals surface area contributed by atoms with Crippen molar-refractivity contribution in [3.63, 3.8) is 0 Å². The zero-order chi connectivity index (χ0) is 18.2. The van der Waals surface area contributed by atoms with Crippen LogP contribution >= 0.6 is 0 Å². The van der Waals surface area contributed by atoms with E-state index >= 15 is 0 Å². The first-order valence-electron chi connectivity index (χ1n) is 10.2. The fourth-order valence-corrected chi connectivity index (χ4v) is 5.46. The Hall–Kier alpha value is -3.26. The molecule has 4 aromatic rings. The molecule has 1 saturated carbocycles. The van der Waals surface area contributed by atoms with Crippen LogP contribution in [0.2, 0.25) is 0 Å². The maximum Gasteiger partial charge on any atom is 0.114 e. The number of hydrogen-bond acceptors (Lipinski definition) is 2. The number of anilines is 4. The van der Waals surface area contributed by atoms with Gasteiger partial charge >= 0.3 is 0 Å². The summed E-state index contributed by atoms with van der Waals surface area (Å²) in [7, 11) is 0. The Morgan fingerprint density at radius 2 is 1.25 bits per heavy atom. The van der Waals surface area contributed by atoms with Gasteiger partial charge in [-0.2, -0.15) is 0 Å². The summed E-state index contributed by atoms with van der Waals surface area (Å²) in [6, 6.07) is 33.4. The van der Waals surface area contributed by atoms with Gasteiger partial charge in [0, 0.05) is 17.3 Å². The molecule has 2 aliphatic heterocycles. The fraction of sp³-hybridized carbons (Fsp3) is 0.154. The predicted molar refractivity (Wildman–Crippen MR) is 116 cm³/mol. The van der Waals surface area contributed by atoms with Crippen molar-refractivity contribution in [2.45, 2.75) is 18.5 Å². The van der Waals surface area contributed by atoms with Crippen molar-refractivity contribution in [2.75, 3.05) is 9.80 Å². The predicted octanol–water partition coefficient (Wildman–Crippen LogP) is 6.57. The Kier molecular flexibility index (Phi) is 2.72. The summed E-state index contributed by atoms with van der Waals surface area (Å²) in [4.78, 5) is 5.20. The Morgan fingerprint density at radius 1 is 0.607 bits per heavy atom. The average molecular weight is 360 g/mol. The van der Waals surface area contributed by atoms with Crippen LogP contribution in [0.25, 0.3) is 10.8 Å². The molecule has 1 aliphatic carbocycles. The Balaban J connectivity index is 1.54. The second-order valence-corrected chi connectivity index (χ2v) is 8.24. The number of benzene rings is 4. The maximum atomic E-state index is 2.61. The fourth-order valence-electron chi connectivity index (χ4n) is 5.46. The standard InChI is InChI=1S/C26H20N2/c1-2-10-19(11-3-1)27-24-14-17-8-4-5-9-18(17)15-25(24)28-23-13-7-6-12-20(23)21-16-22(21)26(27)28/h1-15,21-22,26H,16H2. The molecular formula is C26H20N2. The molecule has 2 heteroatoms. The van der Waals surface area contributed by atoms with Crippen molar-refractivity contribution >= 4 is 33.5 Å². The highest BCUT2D eigenvalue weighted by Gasteiger charge is 2.57. The van der Waals surface area contributed by atoms with Crippen molar-refractivity contribution in [2.24, 2.45) is 5.92 Å². The van der Waals surface area contributed by atoms with Crippen molar-refractivity contribution in [3.05, 3.63) is 96.6 Å². The Bertz CT molecular complexity index is 1230. The van der Waals surface area contributed by atoms with Crippen molar-refractivity contribution < 1.29 is 0 Å². The molecule has 2 nitrogen and oxygen atoms in total. The topological polar surface area (TPSA) is 6.48 Å². The highest BCUT2D eigenvalue weighted by atomic mass is 15.4. The SMILES string of the molecule is c1ccc(N2c3cc4ccccc4cc3N3c4ccccc4C4CC4C23)cc1. The van der Waals surface area contributed by atoms with Gasteiger partial charge in [-0.3, -0.25) is 0 Å². The lowest BCUT2D eigenvalue weighted by atomic mass is 9.99. The van der Waals surface area contributed by atoms with Crippen LogP contribution in [0.5, 0.6) is 0 Å². The number of hydrogen-bond donors (Lipinski definition) is 0. The summed E-state index contributed by atoms with van der Waals surface area (Å²) in [6.45, 7) is 0. The minimum absolute atomic E-state index is 0.370. The van der Waals surface area contributed by atoms with Gasteiger partial charge in [-0.05, 0) is 59.0 Å². The summed E-state index contributed by atoms with van der Waals surface area (Å²) in [5.74, 6) is 1.39. The van der Waals surface area contributed by atoms with Gasteiger partial charge in [0.05, 0.1) is 11.4 Å². The molecule has 0 radical (unpaired) electrons. The lowest BCUT2D eigenvalue weighted by Gasteiger charge is -2.37. The van der Waals surface area contributed by atoms with Gasteiger partial charge in [-0.1, -0.05) is 60.7 Å². The monoisotopic (exact) mass is 360 g/mol. The molecule has 3 atom stereocenters. The largest absolute Gasteiger partial charge is 0.318 e. The molecule has 0 saturated heterocycles. The van der Waals surface area contributed by atoms with Crippen LogP contribution in [-0.2, 0) is 0 Å². The number of fused-ring (bicyclic) bond motifs is 9. The molecule has 1 fully saturated rings. The summed E-state index contributed by atoms with van der Waals surface area (Å²) in [5.41, 5.74) is 6.87. The minimum atomic E-state index is 0.370. The molecule has 0 N–H and O–H groups in total. The maximum absolute atomic E-state index is 2.61. The third-order valence-electron chi connectivity index (χ3n) is 6.74. The van der Waals surface area contributed by atoms with Gasteiger partial charge in [0.1, 0.15) is 6.17 Å². The summed E-state index contributed by atoms with van der Waals surface area (Å²) >= 11 is 0. The zero-order valence-corrected chi connectivity index (χ0v) is 15.5. The quantitative estimate of drug-likeness (QED) is 0.379. The molecule has 7 rings (SSSR count). The molecule has 2 heterocycles. The van der Waals surface area contributed by atoms with Gasteiger partial charge in [0.25, 0.3) is 0 Å². The normalized spacial score (nSPS) is 23.8. The summed E-state index contributed by atoms with van der Waals surface area (Å²) in [5, 5.41) is 2.62. The second kappa shape index (κ2) is 5.17. The molecule has 0 spiro atoms.